The number of aliphatic hydroxyl groups excluding tert-OH is 1. The Morgan fingerprint density at radius 2 is 2.10 bits per heavy atom. The molecule has 2 rings (SSSR count). The van der Waals surface area contributed by atoms with Crippen LogP contribution in [-0.2, 0) is 9.84 Å². The summed E-state index contributed by atoms with van der Waals surface area (Å²) in [6, 6.07) is 7.34. The third-order valence-electron chi connectivity index (χ3n) is 4.15. The number of ether oxygens (including phenoxy) is 1. The highest BCUT2D eigenvalue weighted by Gasteiger charge is 2.33. The third-order valence-corrected chi connectivity index (χ3v) is 5.79. The molecule has 1 aromatic rings. The summed E-state index contributed by atoms with van der Waals surface area (Å²) in [4.78, 5) is 0. The van der Waals surface area contributed by atoms with Gasteiger partial charge in [0.2, 0.25) is 0 Å². The van der Waals surface area contributed by atoms with Gasteiger partial charge in [-0.05, 0) is 42.9 Å². The zero-order valence-electron chi connectivity index (χ0n) is 12.0. The van der Waals surface area contributed by atoms with E-state index < -0.39 is 15.9 Å². The van der Waals surface area contributed by atoms with Crippen LogP contribution in [-0.4, -0.2) is 32.1 Å². The van der Waals surface area contributed by atoms with Gasteiger partial charge in [-0.15, -0.1) is 0 Å². The first-order chi connectivity index (χ1) is 9.41. The van der Waals surface area contributed by atoms with Crippen LogP contribution in [0.4, 0.5) is 0 Å². The summed E-state index contributed by atoms with van der Waals surface area (Å²) in [5.74, 6) is 0.701. The first-order valence-corrected chi connectivity index (χ1v) is 8.88. The predicted octanol–water partition coefficient (Wildman–Crippen LogP) is 2.33. The molecule has 0 aromatic heterocycles. The standard InChI is InChI=1S/C15H22O4S/c1-19-13-7-3-5-11(9-13)15(16)12-6-4-8-14(10-12)20(2,17)18/h3,5,7,9,12,14-16H,4,6,8,10H2,1-2H3. The van der Waals surface area contributed by atoms with Gasteiger partial charge in [-0.25, -0.2) is 8.42 Å². The zero-order valence-corrected chi connectivity index (χ0v) is 12.8. The summed E-state index contributed by atoms with van der Waals surface area (Å²) in [7, 11) is -1.43. The molecule has 0 saturated heterocycles. The summed E-state index contributed by atoms with van der Waals surface area (Å²) in [5, 5.41) is 10.2. The van der Waals surface area contributed by atoms with Gasteiger partial charge in [-0.1, -0.05) is 18.6 Å². The Labute approximate surface area is 120 Å². The predicted molar refractivity (Wildman–Crippen MR) is 78.5 cm³/mol. The normalized spacial score (nSPS) is 25.1. The molecule has 1 saturated carbocycles. The molecule has 1 aliphatic carbocycles. The Bertz CT molecular complexity index is 553. The van der Waals surface area contributed by atoms with Crippen molar-refractivity contribution in [1.29, 1.82) is 0 Å². The largest absolute Gasteiger partial charge is 0.497 e. The van der Waals surface area contributed by atoms with E-state index in [0.29, 0.717) is 18.6 Å². The fraction of sp³-hybridized carbons (Fsp3) is 0.600. The van der Waals surface area contributed by atoms with Crippen molar-refractivity contribution >= 4 is 9.84 Å². The first kappa shape index (κ1) is 15.3. The fourth-order valence-corrected chi connectivity index (χ4v) is 4.15. The van der Waals surface area contributed by atoms with Crippen molar-refractivity contribution in [2.24, 2.45) is 5.92 Å². The molecule has 1 aromatic carbocycles. The van der Waals surface area contributed by atoms with Crippen LogP contribution in [0.15, 0.2) is 24.3 Å². The first-order valence-electron chi connectivity index (χ1n) is 6.92. The molecule has 1 fully saturated rings. The molecule has 1 aliphatic rings. The number of aliphatic hydroxyl groups is 1. The highest BCUT2D eigenvalue weighted by Crippen LogP contribution is 2.37. The van der Waals surface area contributed by atoms with Crippen molar-refractivity contribution in [2.45, 2.75) is 37.0 Å². The van der Waals surface area contributed by atoms with E-state index in [-0.39, 0.29) is 11.2 Å². The topological polar surface area (TPSA) is 63.6 Å². The summed E-state index contributed by atoms with van der Waals surface area (Å²) in [5.41, 5.74) is 0.795. The van der Waals surface area contributed by atoms with Crippen LogP contribution >= 0.6 is 0 Å². The number of benzene rings is 1. The fourth-order valence-electron chi connectivity index (χ4n) is 2.95. The minimum atomic E-state index is -3.02. The highest BCUT2D eigenvalue weighted by atomic mass is 32.2. The Morgan fingerprint density at radius 3 is 2.75 bits per heavy atom. The molecule has 1 N–H and O–H groups in total. The van der Waals surface area contributed by atoms with Gasteiger partial charge in [0.05, 0.1) is 18.5 Å². The van der Waals surface area contributed by atoms with Crippen molar-refractivity contribution in [2.75, 3.05) is 13.4 Å². The molecule has 4 nitrogen and oxygen atoms in total. The summed E-state index contributed by atoms with van der Waals surface area (Å²) in [6.07, 6.45) is 3.62. The summed E-state index contributed by atoms with van der Waals surface area (Å²) < 4.78 is 28.5. The van der Waals surface area contributed by atoms with Crippen molar-refractivity contribution in [3.8, 4) is 5.75 Å². The quantitative estimate of drug-likeness (QED) is 0.926. The minimum absolute atomic E-state index is 0.00409. The van der Waals surface area contributed by atoms with E-state index in [1.807, 2.05) is 24.3 Å². The van der Waals surface area contributed by atoms with Crippen LogP contribution < -0.4 is 4.74 Å². The van der Waals surface area contributed by atoms with Crippen LogP contribution in [0, 0.1) is 5.92 Å². The van der Waals surface area contributed by atoms with Crippen molar-refractivity contribution in [3.63, 3.8) is 0 Å². The smallest absolute Gasteiger partial charge is 0.150 e. The van der Waals surface area contributed by atoms with Crippen molar-refractivity contribution in [3.05, 3.63) is 29.8 Å². The second kappa shape index (κ2) is 6.14. The molecular weight excluding hydrogens is 276 g/mol. The van der Waals surface area contributed by atoms with Gasteiger partial charge in [-0.3, -0.25) is 0 Å². The average molecular weight is 298 g/mol. The Balaban J connectivity index is 2.13. The van der Waals surface area contributed by atoms with Gasteiger partial charge in [-0.2, -0.15) is 0 Å². The number of rotatable bonds is 4. The van der Waals surface area contributed by atoms with Gasteiger partial charge in [0.15, 0.2) is 0 Å². The molecule has 0 bridgehead atoms. The SMILES string of the molecule is COc1cccc(C(O)C2CCCC(S(C)(=O)=O)C2)c1. The molecule has 112 valence electrons. The number of sulfone groups is 1. The Hall–Kier alpha value is -1.07. The average Bonchev–Trinajstić information content (AvgIpc) is 2.46. The monoisotopic (exact) mass is 298 g/mol. The molecule has 3 atom stereocenters. The van der Waals surface area contributed by atoms with Gasteiger partial charge in [0.25, 0.3) is 0 Å². The lowest BCUT2D eigenvalue weighted by molar-refractivity contribution is 0.0855. The van der Waals surface area contributed by atoms with E-state index >= 15 is 0 Å². The van der Waals surface area contributed by atoms with Gasteiger partial charge in [0.1, 0.15) is 15.6 Å². The third kappa shape index (κ3) is 3.52. The molecule has 0 spiro atoms. The van der Waals surface area contributed by atoms with E-state index in [9.17, 15) is 13.5 Å². The summed E-state index contributed by atoms with van der Waals surface area (Å²) >= 11 is 0. The van der Waals surface area contributed by atoms with E-state index in [2.05, 4.69) is 0 Å². The molecule has 0 radical (unpaired) electrons. The summed E-state index contributed by atoms with van der Waals surface area (Å²) in [6.45, 7) is 0. The highest BCUT2D eigenvalue weighted by molar-refractivity contribution is 7.91. The molecule has 0 aliphatic heterocycles. The second-order valence-electron chi connectivity index (χ2n) is 5.60. The maximum Gasteiger partial charge on any atom is 0.150 e. The second-order valence-corrected chi connectivity index (χ2v) is 7.93. The van der Waals surface area contributed by atoms with Crippen LogP contribution in [0.3, 0.4) is 0 Å². The molecule has 20 heavy (non-hydrogen) atoms. The van der Waals surface area contributed by atoms with Crippen LogP contribution in [0.1, 0.15) is 37.4 Å². The lowest BCUT2D eigenvalue weighted by Gasteiger charge is -2.31. The zero-order chi connectivity index (χ0) is 14.8. The molecule has 3 unspecified atom stereocenters. The van der Waals surface area contributed by atoms with Crippen LogP contribution in [0.5, 0.6) is 5.75 Å². The van der Waals surface area contributed by atoms with Gasteiger partial charge in [0, 0.05) is 6.26 Å². The Morgan fingerprint density at radius 1 is 1.35 bits per heavy atom. The maximum absolute atomic E-state index is 11.7. The lowest BCUT2D eigenvalue weighted by atomic mass is 9.82. The van der Waals surface area contributed by atoms with E-state index in [4.69, 9.17) is 4.74 Å². The number of methoxy groups -OCH3 is 1. The van der Waals surface area contributed by atoms with Crippen LogP contribution in [0.25, 0.3) is 0 Å². The minimum Gasteiger partial charge on any atom is -0.497 e. The number of hydrogen-bond acceptors (Lipinski definition) is 4. The molecule has 5 heteroatoms. The van der Waals surface area contributed by atoms with Crippen molar-refractivity contribution < 1.29 is 18.3 Å². The van der Waals surface area contributed by atoms with Gasteiger partial charge >= 0.3 is 0 Å². The van der Waals surface area contributed by atoms with Gasteiger partial charge < -0.3 is 9.84 Å². The van der Waals surface area contributed by atoms with E-state index in [0.717, 1.165) is 18.4 Å². The van der Waals surface area contributed by atoms with E-state index in [1.165, 1.54) is 6.26 Å². The van der Waals surface area contributed by atoms with Crippen LogP contribution in [0.2, 0.25) is 0 Å². The number of hydrogen-bond donors (Lipinski definition) is 1. The molecular formula is C15H22O4S. The molecule has 0 heterocycles. The Kier molecular flexibility index (Phi) is 4.70. The maximum atomic E-state index is 11.7. The molecule has 0 amide bonds. The van der Waals surface area contributed by atoms with E-state index in [1.54, 1.807) is 7.11 Å². The van der Waals surface area contributed by atoms with Crippen molar-refractivity contribution in [1.82, 2.24) is 0 Å². The lowest BCUT2D eigenvalue weighted by Crippen LogP contribution is -2.30.